The molecule has 156 valence electrons. The Morgan fingerprint density at radius 2 is 1.79 bits per heavy atom. The Bertz CT molecular complexity index is 833. The topological polar surface area (TPSA) is 59.6 Å². The summed E-state index contributed by atoms with van der Waals surface area (Å²) in [5.41, 5.74) is 1.90. The summed E-state index contributed by atoms with van der Waals surface area (Å²) in [6.45, 7) is 2.19. The second-order valence-corrected chi connectivity index (χ2v) is 7.98. The van der Waals surface area contributed by atoms with Crippen LogP contribution in [0.2, 0.25) is 5.02 Å². The third-order valence-electron chi connectivity index (χ3n) is 5.72. The largest absolute Gasteiger partial charge is 0.497 e. The van der Waals surface area contributed by atoms with Gasteiger partial charge in [-0.3, -0.25) is 10.1 Å². The highest BCUT2D eigenvalue weighted by molar-refractivity contribution is 6.30. The van der Waals surface area contributed by atoms with Crippen LogP contribution in [0.3, 0.4) is 0 Å². The standard InChI is InChI=1S/C23H29ClN2O3/c1-16(20-14-19(28-2)10-11-21(20)29-3)26-22(27)15-25-23(12-4-5-13-23)17-6-8-18(24)9-7-17/h6-11,14,16,25H,4-5,12-13,15H2,1-3H3,(H,26,27)/t16-/m0/s1. The van der Waals surface area contributed by atoms with Crippen molar-refractivity contribution in [3.63, 3.8) is 0 Å². The number of methoxy groups -OCH3 is 2. The molecule has 2 N–H and O–H groups in total. The molecule has 0 bridgehead atoms. The second kappa shape index (κ2) is 9.51. The zero-order chi connectivity index (χ0) is 20.9. The zero-order valence-electron chi connectivity index (χ0n) is 17.3. The number of nitrogens with one attached hydrogen (secondary N) is 2. The van der Waals surface area contributed by atoms with Crippen molar-refractivity contribution in [2.24, 2.45) is 0 Å². The number of rotatable bonds is 8. The fraction of sp³-hybridized carbons (Fsp3) is 0.435. The van der Waals surface area contributed by atoms with E-state index in [1.165, 1.54) is 5.56 Å². The van der Waals surface area contributed by atoms with Crippen molar-refractivity contribution in [3.8, 4) is 11.5 Å². The Morgan fingerprint density at radius 3 is 2.41 bits per heavy atom. The Balaban J connectivity index is 1.66. The van der Waals surface area contributed by atoms with Gasteiger partial charge in [0.05, 0.1) is 26.8 Å². The van der Waals surface area contributed by atoms with E-state index in [1.807, 2.05) is 37.3 Å². The molecule has 29 heavy (non-hydrogen) atoms. The van der Waals surface area contributed by atoms with E-state index in [4.69, 9.17) is 21.1 Å². The number of halogens is 1. The van der Waals surface area contributed by atoms with Crippen molar-refractivity contribution in [2.75, 3.05) is 20.8 Å². The Hall–Kier alpha value is -2.24. The van der Waals surface area contributed by atoms with Crippen LogP contribution in [-0.2, 0) is 10.3 Å². The van der Waals surface area contributed by atoms with E-state index in [0.29, 0.717) is 0 Å². The van der Waals surface area contributed by atoms with Crippen LogP contribution in [0.1, 0.15) is 49.8 Å². The summed E-state index contributed by atoms with van der Waals surface area (Å²) in [6.07, 6.45) is 4.33. The lowest BCUT2D eigenvalue weighted by Crippen LogP contribution is -2.45. The number of hydrogen-bond acceptors (Lipinski definition) is 4. The summed E-state index contributed by atoms with van der Waals surface area (Å²) in [7, 11) is 3.24. The molecule has 0 heterocycles. The normalized spacial score (nSPS) is 16.3. The molecule has 0 aliphatic heterocycles. The van der Waals surface area contributed by atoms with Crippen LogP contribution < -0.4 is 20.1 Å². The number of benzene rings is 2. The molecule has 1 amide bonds. The molecule has 1 aliphatic rings. The van der Waals surface area contributed by atoms with Gasteiger partial charge in [-0.25, -0.2) is 0 Å². The van der Waals surface area contributed by atoms with Gasteiger partial charge in [0.1, 0.15) is 11.5 Å². The van der Waals surface area contributed by atoms with Crippen LogP contribution in [0, 0.1) is 0 Å². The van der Waals surface area contributed by atoms with E-state index in [-0.39, 0.29) is 24.0 Å². The fourth-order valence-electron chi connectivity index (χ4n) is 4.11. The number of amides is 1. The summed E-state index contributed by atoms with van der Waals surface area (Å²) in [5.74, 6) is 1.40. The third kappa shape index (κ3) is 5.03. The minimum atomic E-state index is -0.204. The van der Waals surface area contributed by atoms with E-state index >= 15 is 0 Å². The molecular formula is C23H29ClN2O3. The molecular weight excluding hydrogens is 388 g/mol. The first-order valence-corrected chi connectivity index (χ1v) is 10.4. The van der Waals surface area contributed by atoms with Crippen LogP contribution in [-0.4, -0.2) is 26.7 Å². The molecule has 1 fully saturated rings. The lowest BCUT2D eigenvalue weighted by atomic mass is 9.88. The average molecular weight is 417 g/mol. The van der Waals surface area contributed by atoms with Gasteiger partial charge in [0, 0.05) is 16.1 Å². The maximum atomic E-state index is 12.7. The van der Waals surface area contributed by atoms with Gasteiger partial charge >= 0.3 is 0 Å². The van der Waals surface area contributed by atoms with Crippen LogP contribution in [0.15, 0.2) is 42.5 Å². The van der Waals surface area contributed by atoms with Crippen molar-refractivity contribution in [2.45, 2.75) is 44.2 Å². The Kier molecular flexibility index (Phi) is 7.04. The minimum Gasteiger partial charge on any atom is -0.497 e. The molecule has 1 saturated carbocycles. The predicted octanol–water partition coefficient (Wildman–Crippen LogP) is 4.59. The molecule has 0 unspecified atom stereocenters. The summed E-state index contributed by atoms with van der Waals surface area (Å²) < 4.78 is 10.7. The number of carbonyl (C=O) groups is 1. The number of ether oxygens (including phenoxy) is 2. The Morgan fingerprint density at radius 1 is 1.10 bits per heavy atom. The van der Waals surface area contributed by atoms with Gasteiger partial charge in [-0.1, -0.05) is 36.6 Å². The molecule has 5 nitrogen and oxygen atoms in total. The van der Waals surface area contributed by atoms with Gasteiger partial charge < -0.3 is 14.8 Å². The van der Waals surface area contributed by atoms with Crippen molar-refractivity contribution in [3.05, 3.63) is 58.6 Å². The average Bonchev–Trinajstić information content (AvgIpc) is 3.22. The highest BCUT2D eigenvalue weighted by Crippen LogP contribution is 2.39. The molecule has 3 rings (SSSR count). The SMILES string of the molecule is COc1ccc(OC)c([C@H](C)NC(=O)CNC2(c3ccc(Cl)cc3)CCCC2)c1. The van der Waals surface area contributed by atoms with Gasteiger partial charge in [0.15, 0.2) is 0 Å². The van der Waals surface area contributed by atoms with Gasteiger partial charge in [-0.2, -0.15) is 0 Å². The molecule has 0 saturated heterocycles. The molecule has 1 aliphatic carbocycles. The highest BCUT2D eigenvalue weighted by Gasteiger charge is 2.35. The lowest BCUT2D eigenvalue weighted by molar-refractivity contribution is -0.121. The first-order valence-electron chi connectivity index (χ1n) is 10.00. The summed E-state index contributed by atoms with van der Waals surface area (Å²) in [5, 5.41) is 7.32. The Labute approximate surface area is 177 Å². The molecule has 1 atom stereocenters. The van der Waals surface area contributed by atoms with Gasteiger partial charge in [0.25, 0.3) is 0 Å². The second-order valence-electron chi connectivity index (χ2n) is 7.55. The van der Waals surface area contributed by atoms with Crippen molar-refractivity contribution >= 4 is 17.5 Å². The first kappa shape index (κ1) is 21.5. The van der Waals surface area contributed by atoms with Crippen LogP contribution in [0.5, 0.6) is 11.5 Å². The number of hydrogen-bond donors (Lipinski definition) is 2. The maximum Gasteiger partial charge on any atom is 0.234 e. The van der Waals surface area contributed by atoms with Gasteiger partial charge in [0.2, 0.25) is 5.91 Å². The quantitative estimate of drug-likeness (QED) is 0.660. The molecule has 0 radical (unpaired) electrons. The molecule has 6 heteroatoms. The molecule has 0 spiro atoms. The summed E-state index contributed by atoms with van der Waals surface area (Å²) in [6, 6.07) is 13.3. The predicted molar refractivity (Wildman–Crippen MR) is 116 cm³/mol. The smallest absolute Gasteiger partial charge is 0.234 e. The third-order valence-corrected chi connectivity index (χ3v) is 5.97. The van der Waals surface area contributed by atoms with Gasteiger partial charge in [-0.15, -0.1) is 0 Å². The van der Waals surface area contributed by atoms with Crippen LogP contribution >= 0.6 is 11.6 Å². The monoisotopic (exact) mass is 416 g/mol. The van der Waals surface area contributed by atoms with Crippen molar-refractivity contribution < 1.29 is 14.3 Å². The maximum absolute atomic E-state index is 12.7. The van der Waals surface area contributed by atoms with Crippen LogP contribution in [0.4, 0.5) is 0 Å². The van der Waals surface area contributed by atoms with E-state index in [1.54, 1.807) is 14.2 Å². The van der Waals surface area contributed by atoms with Crippen molar-refractivity contribution in [1.29, 1.82) is 0 Å². The van der Waals surface area contributed by atoms with E-state index in [0.717, 1.165) is 47.8 Å². The van der Waals surface area contributed by atoms with E-state index in [2.05, 4.69) is 22.8 Å². The summed E-state index contributed by atoms with van der Waals surface area (Å²) >= 11 is 6.05. The molecule has 0 aromatic heterocycles. The fourth-order valence-corrected chi connectivity index (χ4v) is 4.24. The molecule has 2 aromatic rings. The summed E-state index contributed by atoms with van der Waals surface area (Å²) in [4.78, 5) is 12.7. The first-order chi connectivity index (χ1) is 14.0. The highest BCUT2D eigenvalue weighted by atomic mass is 35.5. The van der Waals surface area contributed by atoms with Gasteiger partial charge in [-0.05, 0) is 55.7 Å². The van der Waals surface area contributed by atoms with Crippen molar-refractivity contribution in [1.82, 2.24) is 10.6 Å². The minimum absolute atomic E-state index is 0.0531. The molecule has 2 aromatic carbocycles. The van der Waals surface area contributed by atoms with E-state index in [9.17, 15) is 4.79 Å². The lowest BCUT2D eigenvalue weighted by Gasteiger charge is -2.31. The zero-order valence-corrected chi connectivity index (χ0v) is 18.0. The number of carbonyl (C=O) groups excluding carboxylic acids is 1. The van der Waals surface area contributed by atoms with Crippen LogP contribution in [0.25, 0.3) is 0 Å². The van der Waals surface area contributed by atoms with E-state index < -0.39 is 0 Å².